The number of benzene rings is 2. The van der Waals surface area contributed by atoms with E-state index >= 15 is 0 Å². The summed E-state index contributed by atoms with van der Waals surface area (Å²) >= 11 is 7.39. The number of rotatable bonds is 5. The molecule has 0 atom stereocenters. The summed E-state index contributed by atoms with van der Waals surface area (Å²) in [7, 11) is 0. The Morgan fingerprint density at radius 3 is 2.67 bits per heavy atom. The lowest BCUT2D eigenvalue weighted by Crippen LogP contribution is -2.23. The molecule has 0 aliphatic heterocycles. The van der Waals surface area contributed by atoms with Crippen LogP contribution in [0.5, 0.6) is 0 Å². The summed E-state index contributed by atoms with van der Waals surface area (Å²) in [6, 6.07) is 13.3. The number of halogens is 2. The molecule has 2 N–H and O–H groups in total. The van der Waals surface area contributed by atoms with E-state index in [2.05, 4.69) is 15.6 Å². The van der Waals surface area contributed by atoms with Gasteiger partial charge in [0.1, 0.15) is 11.5 Å². The first kappa shape index (κ1) is 16.4. The third kappa shape index (κ3) is 4.10. The number of carbonyl (C=O) groups excluding carboxylic acids is 1. The van der Waals surface area contributed by atoms with Crippen LogP contribution in [0.15, 0.2) is 53.9 Å². The van der Waals surface area contributed by atoms with Gasteiger partial charge in [0, 0.05) is 11.9 Å². The first-order chi connectivity index (χ1) is 11.6. The summed E-state index contributed by atoms with van der Waals surface area (Å²) in [5.74, 6) is -0.595. The fourth-order valence-electron chi connectivity index (χ4n) is 1.99. The Hall–Kier alpha value is -2.44. The highest BCUT2D eigenvalue weighted by Gasteiger charge is 2.11. The molecule has 0 saturated carbocycles. The van der Waals surface area contributed by atoms with Crippen LogP contribution in [0.4, 0.5) is 15.2 Å². The normalized spacial score (nSPS) is 10.4. The minimum Gasteiger partial charge on any atom is -0.347 e. The molecule has 0 spiro atoms. The number of anilines is 2. The Bertz CT molecular complexity index is 851. The number of nitrogens with zero attached hydrogens (tertiary/aromatic N) is 1. The molecular formula is C17H13ClFN3OS. The van der Waals surface area contributed by atoms with Crippen LogP contribution in [-0.4, -0.2) is 10.9 Å². The number of amides is 1. The second kappa shape index (κ2) is 7.42. The minimum absolute atomic E-state index is 0.289. The van der Waals surface area contributed by atoms with Gasteiger partial charge in [0.05, 0.1) is 10.7 Å². The highest BCUT2D eigenvalue weighted by atomic mass is 35.5. The van der Waals surface area contributed by atoms with Gasteiger partial charge in [0.25, 0.3) is 5.91 Å². The maximum absolute atomic E-state index is 12.8. The van der Waals surface area contributed by atoms with Gasteiger partial charge in [0.15, 0.2) is 5.13 Å². The second-order valence-corrected chi connectivity index (χ2v) is 6.22. The summed E-state index contributed by atoms with van der Waals surface area (Å²) in [6.07, 6.45) is 0. The van der Waals surface area contributed by atoms with Gasteiger partial charge in [-0.2, -0.15) is 0 Å². The summed E-state index contributed by atoms with van der Waals surface area (Å²) < 4.78 is 12.8. The molecule has 2 aromatic carbocycles. The average molecular weight is 362 g/mol. The fourth-order valence-corrected chi connectivity index (χ4v) is 2.87. The highest BCUT2D eigenvalue weighted by Crippen LogP contribution is 2.26. The maximum atomic E-state index is 12.8. The Kier molecular flexibility index (Phi) is 5.08. The van der Waals surface area contributed by atoms with Crippen LogP contribution in [0.3, 0.4) is 0 Å². The average Bonchev–Trinajstić information content (AvgIpc) is 3.05. The van der Waals surface area contributed by atoms with Gasteiger partial charge in [0.2, 0.25) is 0 Å². The first-order valence-electron chi connectivity index (χ1n) is 7.11. The van der Waals surface area contributed by atoms with Crippen molar-refractivity contribution in [2.24, 2.45) is 0 Å². The zero-order chi connectivity index (χ0) is 16.9. The van der Waals surface area contributed by atoms with Crippen LogP contribution >= 0.6 is 22.9 Å². The Labute approximate surface area is 147 Å². The van der Waals surface area contributed by atoms with Crippen molar-refractivity contribution in [1.82, 2.24) is 10.3 Å². The lowest BCUT2D eigenvalue weighted by molar-refractivity contribution is 0.0946. The van der Waals surface area contributed by atoms with E-state index in [1.54, 1.807) is 23.6 Å². The first-order valence-corrected chi connectivity index (χ1v) is 8.37. The van der Waals surface area contributed by atoms with Crippen LogP contribution in [-0.2, 0) is 6.54 Å². The van der Waals surface area contributed by atoms with Crippen molar-refractivity contribution in [3.8, 4) is 0 Å². The molecule has 0 unspecified atom stereocenters. The Morgan fingerprint density at radius 1 is 1.17 bits per heavy atom. The molecule has 0 fully saturated rings. The third-order valence-corrected chi connectivity index (χ3v) is 4.31. The smallest absolute Gasteiger partial charge is 0.271 e. The van der Waals surface area contributed by atoms with Crippen molar-refractivity contribution in [1.29, 1.82) is 0 Å². The van der Waals surface area contributed by atoms with E-state index in [9.17, 15) is 9.18 Å². The zero-order valence-electron chi connectivity index (χ0n) is 12.4. The van der Waals surface area contributed by atoms with E-state index in [0.29, 0.717) is 22.4 Å². The summed E-state index contributed by atoms with van der Waals surface area (Å²) in [6.45, 7) is 0.309. The second-order valence-electron chi connectivity index (χ2n) is 4.95. The van der Waals surface area contributed by atoms with E-state index in [4.69, 9.17) is 11.6 Å². The Balaban J connectivity index is 1.61. The highest BCUT2D eigenvalue weighted by molar-refractivity contribution is 7.14. The van der Waals surface area contributed by atoms with Gasteiger partial charge in [-0.1, -0.05) is 35.9 Å². The number of hydrogen-bond donors (Lipinski definition) is 2. The van der Waals surface area contributed by atoms with Gasteiger partial charge in [-0.05, 0) is 29.8 Å². The summed E-state index contributed by atoms with van der Waals surface area (Å²) in [5, 5.41) is 8.66. The van der Waals surface area contributed by atoms with E-state index in [1.807, 2.05) is 18.2 Å². The van der Waals surface area contributed by atoms with E-state index < -0.39 is 0 Å². The quantitative estimate of drug-likeness (QED) is 0.697. The zero-order valence-corrected chi connectivity index (χ0v) is 14.0. The molecule has 0 radical (unpaired) electrons. The number of thiazole rings is 1. The lowest BCUT2D eigenvalue weighted by atomic mass is 10.2. The molecule has 24 heavy (non-hydrogen) atoms. The molecule has 0 bridgehead atoms. The molecule has 122 valence electrons. The Morgan fingerprint density at radius 2 is 1.92 bits per heavy atom. The van der Waals surface area contributed by atoms with E-state index in [-0.39, 0.29) is 11.7 Å². The molecule has 0 aliphatic carbocycles. The third-order valence-electron chi connectivity index (χ3n) is 3.22. The molecule has 3 aromatic rings. The molecule has 1 aromatic heterocycles. The van der Waals surface area contributed by atoms with Crippen molar-refractivity contribution in [2.45, 2.75) is 6.54 Å². The topological polar surface area (TPSA) is 54.0 Å². The van der Waals surface area contributed by atoms with Gasteiger partial charge < -0.3 is 10.6 Å². The monoisotopic (exact) mass is 361 g/mol. The molecule has 4 nitrogen and oxygen atoms in total. The van der Waals surface area contributed by atoms with Gasteiger partial charge in [-0.3, -0.25) is 4.79 Å². The SMILES string of the molecule is O=C(NCc1ccc(F)cc1)c1csc(Nc2ccccc2Cl)n1. The van der Waals surface area contributed by atoms with Gasteiger partial charge >= 0.3 is 0 Å². The van der Waals surface area contributed by atoms with Crippen molar-refractivity contribution in [3.63, 3.8) is 0 Å². The minimum atomic E-state index is -0.306. The molecule has 0 saturated heterocycles. The van der Waals surface area contributed by atoms with Crippen molar-refractivity contribution < 1.29 is 9.18 Å². The number of hydrogen-bond acceptors (Lipinski definition) is 4. The number of para-hydroxylation sites is 1. The maximum Gasteiger partial charge on any atom is 0.271 e. The van der Waals surface area contributed by atoms with Crippen LogP contribution < -0.4 is 10.6 Å². The number of carbonyl (C=O) groups is 1. The lowest BCUT2D eigenvalue weighted by Gasteiger charge is -2.04. The summed E-state index contributed by atoms with van der Waals surface area (Å²) in [4.78, 5) is 16.4. The fraction of sp³-hybridized carbons (Fsp3) is 0.0588. The van der Waals surface area contributed by atoms with E-state index in [1.165, 1.54) is 23.5 Å². The van der Waals surface area contributed by atoms with Gasteiger partial charge in [-0.25, -0.2) is 9.37 Å². The molecule has 0 aliphatic rings. The summed E-state index contributed by atoms with van der Waals surface area (Å²) in [5.41, 5.74) is 1.86. The van der Waals surface area contributed by atoms with Crippen LogP contribution in [0.2, 0.25) is 5.02 Å². The van der Waals surface area contributed by atoms with Crippen LogP contribution in [0.1, 0.15) is 16.1 Å². The standard InChI is InChI=1S/C17H13ClFN3OS/c18-13-3-1-2-4-14(13)21-17-22-15(10-24-17)16(23)20-9-11-5-7-12(19)8-6-11/h1-8,10H,9H2,(H,20,23)(H,21,22). The molecule has 7 heteroatoms. The molecule has 1 amide bonds. The number of nitrogens with one attached hydrogen (secondary N) is 2. The van der Waals surface area contributed by atoms with E-state index in [0.717, 1.165) is 11.3 Å². The number of aromatic nitrogens is 1. The predicted molar refractivity (Wildman–Crippen MR) is 94.4 cm³/mol. The predicted octanol–water partition coefficient (Wildman–Crippen LogP) is 4.61. The van der Waals surface area contributed by atoms with Crippen molar-refractivity contribution in [3.05, 3.63) is 76.0 Å². The van der Waals surface area contributed by atoms with Crippen molar-refractivity contribution in [2.75, 3.05) is 5.32 Å². The molecular weight excluding hydrogens is 349 g/mol. The van der Waals surface area contributed by atoms with Crippen LogP contribution in [0.25, 0.3) is 0 Å². The molecule has 1 heterocycles. The van der Waals surface area contributed by atoms with Crippen molar-refractivity contribution >= 4 is 39.7 Å². The molecule has 3 rings (SSSR count). The largest absolute Gasteiger partial charge is 0.347 e. The van der Waals surface area contributed by atoms with Crippen LogP contribution in [0, 0.1) is 5.82 Å². The van der Waals surface area contributed by atoms with Gasteiger partial charge in [-0.15, -0.1) is 11.3 Å².